The fourth-order valence-corrected chi connectivity index (χ4v) is 7.78. The first-order valence-electron chi connectivity index (χ1n) is 16.5. The van der Waals surface area contributed by atoms with Gasteiger partial charge in [0.1, 0.15) is 0 Å². The lowest BCUT2D eigenvalue weighted by atomic mass is 9.87. The smallest absolute Gasteiger partial charge is 0.306 e. The molecule has 3 aromatic rings. The van der Waals surface area contributed by atoms with Crippen LogP contribution in [-0.4, -0.2) is 100 Å². The van der Waals surface area contributed by atoms with E-state index in [1.807, 2.05) is 35.2 Å². The molecule has 1 aromatic heterocycles. The van der Waals surface area contributed by atoms with Crippen molar-refractivity contribution in [2.24, 2.45) is 18.9 Å². The van der Waals surface area contributed by atoms with E-state index in [1.54, 1.807) is 31.0 Å². The summed E-state index contributed by atoms with van der Waals surface area (Å²) in [6.45, 7) is 5.01. The molecule has 6 rings (SSSR count). The maximum absolute atomic E-state index is 13.9. The lowest BCUT2D eigenvalue weighted by Crippen LogP contribution is -2.41. The Bertz CT molecular complexity index is 1620. The molecule has 252 valence electrons. The Labute approximate surface area is 280 Å². The second-order valence-corrected chi connectivity index (χ2v) is 13.8. The topological polar surface area (TPSA) is 126 Å². The number of para-hydroxylation sites is 1. The molecule has 4 atom stereocenters. The zero-order chi connectivity index (χ0) is 33.2. The summed E-state index contributed by atoms with van der Waals surface area (Å²) in [5.41, 5.74) is 2.37. The van der Waals surface area contributed by atoms with E-state index in [0.717, 1.165) is 48.8 Å². The summed E-state index contributed by atoms with van der Waals surface area (Å²) >= 11 is 6.63. The van der Waals surface area contributed by atoms with Crippen molar-refractivity contribution in [1.82, 2.24) is 19.6 Å². The number of carboxylic acids is 1. The van der Waals surface area contributed by atoms with E-state index in [-0.39, 0.29) is 48.4 Å². The molecule has 3 aliphatic rings. The number of aliphatic carboxylic acids is 1. The van der Waals surface area contributed by atoms with Crippen LogP contribution in [0, 0.1) is 11.8 Å². The number of aryl methyl sites for hydroxylation is 1. The standard InChI is InChI=1S/C35H44ClN5O6/c1-21-17-40(19-31(21)46-3)24-16-25(20-47-26-11-9-23(10-12-26)35(44)45)41(18-24)32(42)15-22-8-13-29(28(36)14-22)37-34(43)33-27-6-4-5-7-30(27)39(2)38-33/h4-8,13-14,21,23-26,31H,9-12,15-20H2,1-3H3,(H,37,43)(H,44,45)/t21-,23?,24+,25+,26?,31+/m1/s1. The number of carboxylic acid groups (broad SMARTS) is 1. The van der Waals surface area contributed by atoms with Gasteiger partial charge in [0, 0.05) is 45.2 Å². The van der Waals surface area contributed by atoms with Crippen molar-refractivity contribution in [3.05, 3.63) is 58.7 Å². The molecule has 0 unspecified atom stereocenters. The van der Waals surface area contributed by atoms with E-state index in [0.29, 0.717) is 48.3 Å². The van der Waals surface area contributed by atoms with Gasteiger partial charge in [0.2, 0.25) is 5.91 Å². The molecular formula is C35H44ClN5O6. The van der Waals surface area contributed by atoms with Gasteiger partial charge in [-0.15, -0.1) is 0 Å². The molecule has 0 spiro atoms. The number of anilines is 1. The number of aromatic nitrogens is 2. The van der Waals surface area contributed by atoms with E-state index in [1.165, 1.54) is 0 Å². The van der Waals surface area contributed by atoms with Crippen LogP contribution < -0.4 is 5.32 Å². The molecular weight excluding hydrogens is 622 g/mol. The molecule has 12 heteroatoms. The number of nitrogens with zero attached hydrogens (tertiary/aromatic N) is 4. The maximum Gasteiger partial charge on any atom is 0.306 e. The van der Waals surface area contributed by atoms with E-state index in [9.17, 15) is 19.5 Å². The van der Waals surface area contributed by atoms with Gasteiger partial charge in [0.15, 0.2) is 5.69 Å². The highest BCUT2D eigenvalue weighted by molar-refractivity contribution is 6.34. The van der Waals surface area contributed by atoms with Crippen molar-refractivity contribution in [2.45, 2.75) is 69.7 Å². The Hall–Kier alpha value is -3.51. The van der Waals surface area contributed by atoms with Crippen molar-refractivity contribution >= 4 is 46.0 Å². The number of carbonyl (C=O) groups is 3. The highest BCUT2D eigenvalue weighted by atomic mass is 35.5. The Morgan fingerprint density at radius 3 is 2.53 bits per heavy atom. The van der Waals surface area contributed by atoms with Crippen LogP contribution in [0.25, 0.3) is 10.9 Å². The predicted molar refractivity (Wildman–Crippen MR) is 179 cm³/mol. The van der Waals surface area contributed by atoms with Crippen LogP contribution in [0.15, 0.2) is 42.5 Å². The molecule has 2 aliphatic heterocycles. The number of likely N-dealkylation sites (tertiary alicyclic amines) is 2. The number of nitrogens with one attached hydrogen (secondary N) is 1. The Kier molecular flexibility index (Phi) is 10.2. The summed E-state index contributed by atoms with van der Waals surface area (Å²) in [4.78, 5) is 42.8. The molecule has 2 saturated heterocycles. The highest BCUT2D eigenvalue weighted by Gasteiger charge is 2.42. The molecule has 2 amide bonds. The third-order valence-electron chi connectivity index (χ3n) is 10.3. The average Bonchev–Trinajstić information content (AvgIpc) is 3.76. The van der Waals surface area contributed by atoms with Gasteiger partial charge in [-0.3, -0.25) is 24.0 Å². The summed E-state index contributed by atoms with van der Waals surface area (Å²) in [5, 5.41) is 17.7. The van der Waals surface area contributed by atoms with Crippen LogP contribution in [0.5, 0.6) is 0 Å². The number of amides is 2. The van der Waals surface area contributed by atoms with Gasteiger partial charge in [0.25, 0.3) is 5.91 Å². The molecule has 0 radical (unpaired) electrons. The van der Waals surface area contributed by atoms with Gasteiger partial charge < -0.3 is 24.8 Å². The van der Waals surface area contributed by atoms with Gasteiger partial charge >= 0.3 is 5.97 Å². The lowest BCUT2D eigenvalue weighted by molar-refractivity contribution is -0.144. The molecule has 0 bridgehead atoms. The minimum atomic E-state index is -0.731. The number of benzene rings is 2. The zero-order valence-corrected chi connectivity index (χ0v) is 28.0. The van der Waals surface area contributed by atoms with Crippen molar-refractivity contribution < 1.29 is 29.0 Å². The first-order valence-corrected chi connectivity index (χ1v) is 16.9. The number of methoxy groups -OCH3 is 1. The molecule has 3 fully saturated rings. The first kappa shape index (κ1) is 33.4. The van der Waals surface area contributed by atoms with Crippen molar-refractivity contribution in [3.8, 4) is 0 Å². The number of ether oxygens (including phenoxy) is 2. The average molecular weight is 666 g/mol. The van der Waals surface area contributed by atoms with Gasteiger partial charge in [-0.2, -0.15) is 5.10 Å². The summed E-state index contributed by atoms with van der Waals surface area (Å²) in [7, 11) is 3.55. The summed E-state index contributed by atoms with van der Waals surface area (Å²) in [6, 6.07) is 12.9. The van der Waals surface area contributed by atoms with Crippen LogP contribution in [0.3, 0.4) is 0 Å². The SMILES string of the molecule is CO[C@H]1CN([C@H]2C[C@@H](COC3CCC(C(=O)O)CC3)N(C(=O)Cc3ccc(NC(=O)c4nn(C)c5ccccc45)c(Cl)c3)C2)C[C@H]1C. The quantitative estimate of drug-likeness (QED) is 0.322. The van der Waals surface area contributed by atoms with E-state index in [2.05, 4.69) is 22.2 Å². The Morgan fingerprint density at radius 1 is 1.06 bits per heavy atom. The van der Waals surface area contributed by atoms with Crippen LogP contribution in [0.2, 0.25) is 5.02 Å². The third-order valence-corrected chi connectivity index (χ3v) is 10.6. The highest BCUT2D eigenvalue weighted by Crippen LogP contribution is 2.32. The van der Waals surface area contributed by atoms with Crippen LogP contribution in [0.1, 0.15) is 55.1 Å². The molecule has 3 heterocycles. The minimum absolute atomic E-state index is 0.000898. The van der Waals surface area contributed by atoms with Gasteiger partial charge in [0.05, 0.1) is 53.4 Å². The number of hydrogen-bond donors (Lipinski definition) is 2. The lowest BCUT2D eigenvalue weighted by Gasteiger charge is -2.30. The van der Waals surface area contributed by atoms with E-state index < -0.39 is 5.97 Å². The predicted octanol–water partition coefficient (Wildman–Crippen LogP) is 4.62. The number of fused-ring (bicyclic) bond motifs is 1. The summed E-state index contributed by atoms with van der Waals surface area (Å²) < 4.78 is 13.7. The van der Waals surface area contributed by atoms with Gasteiger partial charge in [-0.1, -0.05) is 42.8 Å². The summed E-state index contributed by atoms with van der Waals surface area (Å²) in [6.07, 6.45) is 3.85. The van der Waals surface area contributed by atoms with Gasteiger partial charge in [-0.25, -0.2) is 0 Å². The number of halogens is 1. The molecule has 47 heavy (non-hydrogen) atoms. The van der Waals surface area contributed by atoms with Crippen LogP contribution in [0.4, 0.5) is 5.69 Å². The maximum atomic E-state index is 13.9. The molecule has 11 nitrogen and oxygen atoms in total. The van der Waals surface area contributed by atoms with Gasteiger partial charge in [-0.05, 0) is 61.8 Å². The molecule has 1 saturated carbocycles. The molecule has 2 aromatic carbocycles. The second kappa shape index (κ2) is 14.3. The first-order chi connectivity index (χ1) is 22.6. The Morgan fingerprint density at radius 2 is 1.83 bits per heavy atom. The van der Waals surface area contributed by atoms with E-state index in [4.69, 9.17) is 21.1 Å². The fourth-order valence-electron chi connectivity index (χ4n) is 7.53. The summed E-state index contributed by atoms with van der Waals surface area (Å²) in [5.74, 6) is -0.969. The van der Waals surface area contributed by atoms with Crippen molar-refractivity contribution in [1.29, 1.82) is 0 Å². The second-order valence-electron chi connectivity index (χ2n) is 13.4. The Balaban J connectivity index is 1.11. The van der Waals surface area contributed by atoms with Crippen molar-refractivity contribution in [3.63, 3.8) is 0 Å². The van der Waals surface area contributed by atoms with Crippen LogP contribution in [-0.2, 0) is 32.5 Å². The monoisotopic (exact) mass is 665 g/mol. The zero-order valence-electron chi connectivity index (χ0n) is 27.2. The number of rotatable bonds is 10. The molecule has 1 aliphatic carbocycles. The third kappa shape index (κ3) is 7.33. The minimum Gasteiger partial charge on any atom is -0.481 e. The largest absolute Gasteiger partial charge is 0.481 e. The normalized spacial score (nSPS) is 26.6. The van der Waals surface area contributed by atoms with E-state index >= 15 is 0 Å². The number of hydrogen-bond acceptors (Lipinski definition) is 7. The fraction of sp³-hybridized carbons (Fsp3) is 0.543. The van der Waals surface area contributed by atoms with Crippen molar-refractivity contribution in [2.75, 3.05) is 38.7 Å². The number of carbonyl (C=O) groups excluding carboxylic acids is 2. The molecule has 2 N–H and O–H groups in total. The van der Waals surface area contributed by atoms with Crippen LogP contribution >= 0.6 is 11.6 Å².